The molecule has 1 saturated heterocycles. The number of rotatable bonds is 7. The van der Waals surface area contributed by atoms with E-state index in [1.807, 2.05) is 65.0 Å². The molecule has 0 aliphatic carbocycles. The van der Waals surface area contributed by atoms with Gasteiger partial charge in [-0.2, -0.15) is 9.61 Å². The Balaban J connectivity index is 1.52. The summed E-state index contributed by atoms with van der Waals surface area (Å²) < 4.78 is 13.5. The smallest absolute Gasteiger partial charge is 0.416 e. The Morgan fingerprint density at radius 1 is 1.24 bits per heavy atom. The molecule has 224 valence electrons. The summed E-state index contributed by atoms with van der Waals surface area (Å²) in [5.74, 6) is 1.45. The third-order valence-electron chi connectivity index (χ3n) is 7.32. The van der Waals surface area contributed by atoms with Crippen LogP contribution in [-0.4, -0.2) is 73.2 Å². The minimum atomic E-state index is -1.04. The summed E-state index contributed by atoms with van der Waals surface area (Å²) in [6.07, 6.45) is -0.154. The monoisotopic (exact) mass is 578 g/mol. The number of aliphatic hydroxyl groups is 1. The van der Waals surface area contributed by atoms with E-state index < -0.39 is 23.9 Å². The highest BCUT2D eigenvalue weighted by atomic mass is 16.6. The maximum Gasteiger partial charge on any atom is 0.416 e. The van der Waals surface area contributed by atoms with Crippen molar-refractivity contribution in [3.05, 3.63) is 53.9 Å². The number of ether oxygens (including phenoxy) is 1. The molecule has 42 heavy (non-hydrogen) atoms. The number of anilines is 2. The Kier molecular flexibility index (Phi) is 8.00. The third kappa shape index (κ3) is 6.28. The molecular weight excluding hydrogens is 540 g/mol. The van der Waals surface area contributed by atoms with Gasteiger partial charge < -0.3 is 29.6 Å². The van der Waals surface area contributed by atoms with Gasteiger partial charge in [0.05, 0.1) is 25.4 Å². The average molecular weight is 579 g/mol. The molecule has 2 amide bonds. The number of amides is 2. The first kappa shape index (κ1) is 29.2. The lowest BCUT2D eigenvalue weighted by atomic mass is 9.94. The van der Waals surface area contributed by atoms with Crippen LogP contribution in [0.3, 0.4) is 0 Å². The van der Waals surface area contributed by atoms with E-state index in [1.165, 1.54) is 9.80 Å². The van der Waals surface area contributed by atoms with Gasteiger partial charge in [0.2, 0.25) is 0 Å². The molecule has 1 aliphatic heterocycles. The third-order valence-corrected chi connectivity index (χ3v) is 7.32. The number of aromatic nitrogens is 3. The molecule has 3 aromatic heterocycles. The number of aliphatic hydroxyl groups excluding tert-OH is 1. The summed E-state index contributed by atoms with van der Waals surface area (Å²) in [5, 5.41) is 28.7. The number of benzene rings is 1. The van der Waals surface area contributed by atoms with E-state index in [1.54, 1.807) is 16.8 Å². The summed E-state index contributed by atoms with van der Waals surface area (Å²) in [5.41, 5.74) is 1.46. The van der Waals surface area contributed by atoms with Crippen LogP contribution >= 0.6 is 0 Å². The molecule has 5 rings (SSSR count). The molecule has 1 aliphatic rings. The van der Waals surface area contributed by atoms with Crippen molar-refractivity contribution in [2.24, 2.45) is 5.92 Å². The second-order valence-corrected chi connectivity index (χ2v) is 12.0. The van der Waals surface area contributed by atoms with Crippen LogP contribution in [0.15, 0.2) is 47.0 Å². The first-order valence-corrected chi connectivity index (χ1v) is 14.2. The van der Waals surface area contributed by atoms with E-state index in [0.717, 1.165) is 10.9 Å². The Hall–Kier alpha value is -4.32. The van der Waals surface area contributed by atoms with E-state index in [-0.39, 0.29) is 24.9 Å². The van der Waals surface area contributed by atoms with Gasteiger partial charge in [0.25, 0.3) is 0 Å². The lowest BCUT2D eigenvalue weighted by molar-refractivity contribution is 0.0294. The van der Waals surface area contributed by atoms with Crippen molar-refractivity contribution in [1.82, 2.24) is 19.5 Å². The molecule has 0 saturated carbocycles. The zero-order chi connectivity index (χ0) is 30.2. The minimum absolute atomic E-state index is 0.0590. The molecule has 1 fully saturated rings. The maximum absolute atomic E-state index is 13.7. The van der Waals surface area contributed by atoms with Gasteiger partial charge in [-0.05, 0) is 45.2 Å². The number of β-amino-alcohol motifs (C(OH)–C–C–N with tert-alkyl or cyclic N) is 1. The SMILES string of the molecule is CC(C)c1cnn2c(N(Cc3cc4ccccc4o3)C(=O)OC(C)(C)C)cc(NC[C@H]3CCN(C(=O)O)C[C@@H]3O)nc12. The van der Waals surface area contributed by atoms with E-state index in [2.05, 4.69) is 10.4 Å². The van der Waals surface area contributed by atoms with E-state index in [0.29, 0.717) is 48.1 Å². The Morgan fingerprint density at radius 2 is 2.00 bits per heavy atom. The average Bonchev–Trinajstić information content (AvgIpc) is 3.53. The lowest BCUT2D eigenvalue weighted by Crippen LogP contribution is -2.47. The molecule has 12 nitrogen and oxygen atoms in total. The number of furan rings is 1. The predicted molar refractivity (Wildman–Crippen MR) is 158 cm³/mol. The topological polar surface area (TPSA) is 146 Å². The summed E-state index contributed by atoms with van der Waals surface area (Å²) in [4.78, 5) is 32.6. The van der Waals surface area contributed by atoms with Crippen LogP contribution in [0.4, 0.5) is 21.2 Å². The molecule has 2 atom stereocenters. The molecule has 3 N–H and O–H groups in total. The number of carboxylic acid groups (broad SMARTS) is 1. The highest BCUT2D eigenvalue weighted by Crippen LogP contribution is 2.30. The maximum atomic E-state index is 13.7. The van der Waals surface area contributed by atoms with Gasteiger partial charge in [0.1, 0.15) is 28.6 Å². The fourth-order valence-corrected chi connectivity index (χ4v) is 5.11. The number of fused-ring (bicyclic) bond motifs is 2. The number of likely N-dealkylation sites (tertiary alicyclic amines) is 1. The normalized spacial score (nSPS) is 17.6. The van der Waals surface area contributed by atoms with Crippen molar-refractivity contribution < 1.29 is 29.0 Å². The number of carbonyl (C=O) groups excluding carboxylic acids is 1. The standard InChI is InChI=1S/C30H38N6O6/c1-18(2)22-15-32-36-26(13-25(33-27(22)36)31-14-20-10-11-34(28(38)39)17-23(20)37)35(29(40)42-30(3,4)5)16-21-12-19-8-6-7-9-24(19)41-21/h6-9,12-13,15,18,20,23,37H,10-11,14,16-17H2,1-5H3,(H,31,33)(H,38,39)/t20-,23+/m1/s1. The minimum Gasteiger partial charge on any atom is -0.465 e. The first-order valence-electron chi connectivity index (χ1n) is 14.2. The number of hydrogen-bond donors (Lipinski definition) is 3. The van der Waals surface area contributed by atoms with Crippen LogP contribution in [0.25, 0.3) is 16.6 Å². The van der Waals surface area contributed by atoms with Gasteiger partial charge >= 0.3 is 12.2 Å². The van der Waals surface area contributed by atoms with Crippen molar-refractivity contribution >= 4 is 40.4 Å². The lowest BCUT2D eigenvalue weighted by Gasteiger charge is -2.34. The predicted octanol–water partition coefficient (Wildman–Crippen LogP) is 5.31. The molecule has 0 spiro atoms. The number of piperidine rings is 1. The Bertz CT molecular complexity index is 1560. The Morgan fingerprint density at radius 3 is 2.67 bits per heavy atom. The first-order chi connectivity index (χ1) is 19.9. The number of carbonyl (C=O) groups is 2. The van der Waals surface area contributed by atoms with Gasteiger partial charge in [-0.1, -0.05) is 32.0 Å². The largest absolute Gasteiger partial charge is 0.465 e. The molecule has 0 unspecified atom stereocenters. The highest BCUT2D eigenvalue weighted by molar-refractivity contribution is 5.88. The van der Waals surface area contributed by atoms with Crippen LogP contribution in [-0.2, 0) is 11.3 Å². The number of hydrogen-bond acceptors (Lipinski definition) is 8. The second kappa shape index (κ2) is 11.5. The molecule has 1 aromatic carbocycles. The Labute approximate surface area is 243 Å². The zero-order valence-electron chi connectivity index (χ0n) is 24.6. The van der Waals surface area contributed by atoms with Crippen LogP contribution in [0.5, 0.6) is 0 Å². The number of nitrogens with one attached hydrogen (secondary N) is 1. The van der Waals surface area contributed by atoms with Crippen molar-refractivity contribution in [2.75, 3.05) is 29.9 Å². The van der Waals surface area contributed by atoms with Crippen molar-refractivity contribution in [3.63, 3.8) is 0 Å². The summed E-state index contributed by atoms with van der Waals surface area (Å²) >= 11 is 0. The van der Waals surface area contributed by atoms with Gasteiger partial charge in [-0.15, -0.1) is 0 Å². The van der Waals surface area contributed by atoms with Crippen molar-refractivity contribution in [2.45, 2.75) is 65.2 Å². The van der Waals surface area contributed by atoms with Crippen LogP contribution < -0.4 is 10.2 Å². The van der Waals surface area contributed by atoms with Gasteiger partial charge in [-0.25, -0.2) is 14.6 Å². The number of para-hydroxylation sites is 1. The fourth-order valence-electron chi connectivity index (χ4n) is 5.11. The second-order valence-electron chi connectivity index (χ2n) is 12.0. The van der Waals surface area contributed by atoms with Crippen LogP contribution in [0, 0.1) is 5.92 Å². The summed E-state index contributed by atoms with van der Waals surface area (Å²) in [7, 11) is 0. The van der Waals surface area contributed by atoms with Crippen LogP contribution in [0.2, 0.25) is 0 Å². The van der Waals surface area contributed by atoms with Gasteiger partial charge in [0, 0.05) is 36.0 Å². The van der Waals surface area contributed by atoms with Gasteiger partial charge in [-0.3, -0.25) is 4.90 Å². The molecular formula is C30H38N6O6. The van der Waals surface area contributed by atoms with Crippen molar-refractivity contribution in [1.29, 1.82) is 0 Å². The molecule has 12 heteroatoms. The number of nitrogens with zero attached hydrogens (tertiary/aromatic N) is 5. The fraction of sp³-hybridized carbons (Fsp3) is 0.467. The quantitative estimate of drug-likeness (QED) is 0.265. The molecule has 4 aromatic rings. The summed E-state index contributed by atoms with van der Waals surface area (Å²) in [6, 6.07) is 11.3. The zero-order valence-corrected chi connectivity index (χ0v) is 24.6. The van der Waals surface area contributed by atoms with E-state index in [4.69, 9.17) is 14.1 Å². The van der Waals surface area contributed by atoms with E-state index in [9.17, 15) is 19.8 Å². The van der Waals surface area contributed by atoms with Crippen molar-refractivity contribution in [3.8, 4) is 0 Å². The summed E-state index contributed by atoms with van der Waals surface area (Å²) in [6.45, 7) is 10.4. The molecule has 4 heterocycles. The van der Waals surface area contributed by atoms with Crippen LogP contribution in [0.1, 0.15) is 58.3 Å². The molecule has 0 radical (unpaired) electrons. The van der Waals surface area contributed by atoms with E-state index >= 15 is 0 Å². The highest BCUT2D eigenvalue weighted by Gasteiger charge is 2.31. The van der Waals surface area contributed by atoms with Gasteiger partial charge in [0.15, 0.2) is 5.65 Å². The molecule has 0 bridgehead atoms.